The largest absolute Gasteiger partial charge is 0.445 e. The number of carbonyl (C=O) groups is 1. The zero-order chi connectivity index (χ0) is 21.2. The van der Waals surface area contributed by atoms with Crippen LogP contribution in [0.4, 0.5) is 4.79 Å². The van der Waals surface area contributed by atoms with Gasteiger partial charge in [-0.2, -0.15) is 0 Å². The third-order valence-corrected chi connectivity index (χ3v) is 6.27. The molecule has 1 amide bonds. The lowest BCUT2D eigenvalue weighted by atomic mass is 9.68. The lowest BCUT2D eigenvalue weighted by Gasteiger charge is -2.40. The van der Waals surface area contributed by atoms with E-state index in [4.69, 9.17) is 22.1 Å². The second-order valence-electron chi connectivity index (χ2n) is 8.07. The molecule has 0 spiro atoms. The summed E-state index contributed by atoms with van der Waals surface area (Å²) in [7, 11) is 0. The number of ether oxygens (including phenoxy) is 1. The number of rotatable bonds is 9. The summed E-state index contributed by atoms with van der Waals surface area (Å²) in [5.74, 6) is 0. The third kappa shape index (κ3) is 7.69. The summed E-state index contributed by atoms with van der Waals surface area (Å²) in [6.07, 6.45) is 4.81. The van der Waals surface area contributed by atoms with Gasteiger partial charge in [0.15, 0.2) is 0 Å². The van der Waals surface area contributed by atoms with E-state index in [1.807, 2.05) is 42.5 Å². The fourth-order valence-corrected chi connectivity index (χ4v) is 4.35. The van der Waals surface area contributed by atoms with Gasteiger partial charge in [0.25, 0.3) is 0 Å². The van der Waals surface area contributed by atoms with E-state index in [2.05, 4.69) is 22.8 Å². The van der Waals surface area contributed by atoms with Crippen LogP contribution in [0.1, 0.15) is 43.2 Å². The highest BCUT2D eigenvalue weighted by Crippen LogP contribution is 2.39. The van der Waals surface area contributed by atoms with Crippen LogP contribution < -0.4 is 16.4 Å². The van der Waals surface area contributed by atoms with Crippen LogP contribution in [0.5, 0.6) is 0 Å². The Hall–Kier alpha value is -1.79. The van der Waals surface area contributed by atoms with E-state index in [0.29, 0.717) is 25.7 Å². The molecule has 7 heteroatoms. The van der Waals surface area contributed by atoms with E-state index in [1.165, 1.54) is 5.56 Å². The first-order valence-electron chi connectivity index (χ1n) is 10.8. The van der Waals surface area contributed by atoms with Gasteiger partial charge in [0.05, 0.1) is 0 Å². The van der Waals surface area contributed by atoms with Crippen molar-refractivity contribution in [1.82, 2.24) is 10.6 Å². The lowest BCUT2D eigenvalue weighted by molar-refractivity contribution is 0.139. The fourth-order valence-electron chi connectivity index (χ4n) is 4.16. The van der Waals surface area contributed by atoms with Gasteiger partial charge in [-0.25, -0.2) is 4.79 Å². The van der Waals surface area contributed by atoms with Crippen molar-refractivity contribution in [2.24, 2.45) is 5.73 Å². The molecule has 0 atom stereocenters. The van der Waals surface area contributed by atoms with Crippen LogP contribution in [0.3, 0.4) is 0 Å². The highest BCUT2D eigenvalue weighted by Gasteiger charge is 2.35. The molecule has 0 saturated heterocycles. The Balaban J connectivity index is 0.00000341. The minimum atomic E-state index is -0.370. The average molecular weight is 466 g/mol. The molecule has 0 unspecified atom stereocenters. The Morgan fingerprint density at radius 3 is 2.52 bits per heavy atom. The molecule has 2 aromatic carbocycles. The highest BCUT2D eigenvalue weighted by atomic mass is 35.5. The predicted molar refractivity (Wildman–Crippen MR) is 129 cm³/mol. The zero-order valence-corrected chi connectivity index (χ0v) is 19.4. The van der Waals surface area contributed by atoms with Crippen molar-refractivity contribution in [2.45, 2.75) is 50.2 Å². The minimum Gasteiger partial charge on any atom is -0.445 e. The fraction of sp³-hybridized carbons (Fsp3) is 0.458. The Bertz CT molecular complexity index is 796. The van der Waals surface area contributed by atoms with Gasteiger partial charge in [-0.15, -0.1) is 12.4 Å². The second-order valence-corrected chi connectivity index (χ2v) is 8.50. The number of benzene rings is 2. The second kappa shape index (κ2) is 12.9. The molecule has 1 aliphatic carbocycles. The molecule has 1 aliphatic rings. The highest BCUT2D eigenvalue weighted by molar-refractivity contribution is 6.30. The number of nitrogens with two attached hydrogens (primary N) is 1. The van der Waals surface area contributed by atoms with Crippen molar-refractivity contribution >= 4 is 30.1 Å². The van der Waals surface area contributed by atoms with Gasteiger partial charge in [-0.1, -0.05) is 54.1 Å². The van der Waals surface area contributed by atoms with E-state index in [-0.39, 0.29) is 23.9 Å². The monoisotopic (exact) mass is 465 g/mol. The Morgan fingerprint density at radius 2 is 1.84 bits per heavy atom. The van der Waals surface area contributed by atoms with Gasteiger partial charge in [0, 0.05) is 29.6 Å². The van der Waals surface area contributed by atoms with Crippen molar-refractivity contribution in [3.63, 3.8) is 0 Å². The summed E-state index contributed by atoms with van der Waals surface area (Å²) in [5, 5.41) is 7.20. The minimum absolute atomic E-state index is 0. The smallest absolute Gasteiger partial charge is 0.407 e. The van der Waals surface area contributed by atoms with Crippen LogP contribution >= 0.6 is 24.0 Å². The van der Waals surface area contributed by atoms with E-state index in [9.17, 15) is 4.79 Å². The maximum atomic E-state index is 11.8. The number of carbonyl (C=O) groups excluding carboxylic acids is 1. The molecule has 1 saturated carbocycles. The summed E-state index contributed by atoms with van der Waals surface area (Å²) in [6, 6.07) is 18.3. The lowest BCUT2D eigenvalue weighted by Crippen LogP contribution is -2.44. The first kappa shape index (κ1) is 25.5. The van der Waals surface area contributed by atoms with Crippen LogP contribution in [0.25, 0.3) is 0 Å². The molecule has 5 nitrogen and oxygen atoms in total. The molecule has 31 heavy (non-hydrogen) atoms. The Labute approximate surface area is 196 Å². The van der Waals surface area contributed by atoms with E-state index >= 15 is 0 Å². The van der Waals surface area contributed by atoms with Crippen LogP contribution in [0.2, 0.25) is 5.02 Å². The van der Waals surface area contributed by atoms with Crippen LogP contribution in [-0.2, 0) is 16.8 Å². The summed E-state index contributed by atoms with van der Waals surface area (Å²) in [5.41, 5.74) is 8.46. The molecule has 0 bridgehead atoms. The molecular weight excluding hydrogens is 433 g/mol. The molecule has 0 radical (unpaired) electrons. The SMILES string of the molecule is Cl.NC[C@]1(c2cccc(Cl)c2)CC[C@@H](NCCCNC(=O)OCc2ccccc2)CC1. The molecular formula is C24H33Cl2N3O2. The van der Waals surface area contributed by atoms with Crippen molar-refractivity contribution in [1.29, 1.82) is 0 Å². The standard InChI is InChI=1S/C24H32ClN3O2.ClH/c25-21-9-4-8-20(16-21)24(18-26)12-10-22(11-13-24)27-14-5-15-28-23(29)30-17-19-6-2-1-3-7-19;/h1-4,6-9,16,22,27H,5,10-15,17-18,26H2,(H,28,29);1H/t22-,24+;. The zero-order valence-electron chi connectivity index (χ0n) is 17.8. The number of amides is 1. The Kier molecular flexibility index (Phi) is 10.6. The number of halogens is 2. The van der Waals surface area contributed by atoms with Crippen molar-refractivity contribution in [3.05, 3.63) is 70.7 Å². The molecule has 2 aromatic rings. The number of alkyl carbamates (subject to hydrolysis) is 1. The third-order valence-electron chi connectivity index (χ3n) is 6.04. The Morgan fingerprint density at radius 1 is 1.10 bits per heavy atom. The molecule has 3 rings (SSSR count). The van der Waals surface area contributed by atoms with Gasteiger partial charge in [0.2, 0.25) is 0 Å². The maximum Gasteiger partial charge on any atom is 0.407 e. The molecule has 0 aromatic heterocycles. The van der Waals surface area contributed by atoms with Crippen molar-refractivity contribution in [2.75, 3.05) is 19.6 Å². The van der Waals surface area contributed by atoms with Crippen molar-refractivity contribution < 1.29 is 9.53 Å². The normalized spacial score (nSPS) is 20.5. The summed E-state index contributed by atoms with van der Waals surface area (Å²) in [6.45, 7) is 2.41. The van der Waals surface area contributed by atoms with Gasteiger partial charge in [-0.05, 0) is 61.9 Å². The summed E-state index contributed by atoms with van der Waals surface area (Å²) >= 11 is 6.19. The molecule has 170 valence electrons. The molecule has 4 N–H and O–H groups in total. The first-order chi connectivity index (χ1) is 14.6. The maximum absolute atomic E-state index is 11.8. The van der Waals surface area contributed by atoms with Crippen molar-refractivity contribution in [3.8, 4) is 0 Å². The van der Waals surface area contributed by atoms with E-state index in [1.54, 1.807) is 0 Å². The van der Waals surface area contributed by atoms with Gasteiger partial charge in [-0.3, -0.25) is 0 Å². The number of hydrogen-bond acceptors (Lipinski definition) is 4. The quantitative estimate of drug-likeness (QED) is 0.464. The first-order valence-corrected chi connectivity index (χ1v) is 11.1. The molecule has 0 heterocycles. The average Bonchev–Trinajstić information content (AvgIpc) is 2.79. The van der Waals surface area contributed by atoms with E-state index < -0.39 is 0 Å². The number of hydrogen-bond donors (Lipinski definition) is 3. The van der Waals surface area contributed by atoms with E-state index in [0.717, 1.165) is 49.2 Å². The van der Waals surface area contributed by atoms with Gasteiger partial charge >= 0.3 is 6.09 Å². The van der Waals surface area contributed by atoms with Crippen LogP contribution in [0.15, 0.2) is 54.6 Å². The molecule has 1 fully saturated rings. The van der Waals surface area contributed by atoms with Gasteiger partial charge < -0.3 is 21.1 Å². The number of nitrogens with one attached hydrogen (secondary N) is 2. The van der Waals surface area contributed by atoms with Crippen LogP contribution in [0, 0.1) is 0 Å². The summed E-state index contributed by atoms with van der Waals surface area (Å²) in [4.78, 5) is 11.8. The topological polar surface area (TPSA) is 76.4 Å². The predicted octanol–water partition coefficient (Wildman–Crippen LogP) is 4.81. The van der Waals surface area contributed by atoms with Crippen LogP contribution in [-0.4, -0.2) is 31.8 Å². The molecule has 0 aliphatic heterocycles. The summed E-state index contributed by atoms with van der Waals surface area (Å²) < 4.78 is 5.22. The van der Waals surface area contributed by atoms with Gasteiger partial charge in [0.1, 0.15) is 6.61 Å².